The highest BCUT2D eigenvalue weighted by molar-refractivity contribution is 5.81. The number of guanidine groups is 1. The molecule has 32 heavy (non-hydrogen) atoms. The van der Waals surface area contributed by atoms with Gasteiger partial charge in [-0.2, -0.15) is 0 Å². The Morgan fingerprint density at radius 2 is 1.94 bits per heavy atom. The van der Waals surface area contributed by atoms with Gasteiger partial charge in [-0.25, -0.2) is 9.38 Å². The molecule has 0 radical (unpaired) electrons. The number of benzene rings is 2. The Balaban J connectivity index is 1.44. The van der Waals surface area contributed by atoms with Crippen LogP contribution in [-0.4, -0.2) is 55.6 Å². The van der Waals surface area contributed by atoms with Crippen molar-refractivity contribution in [1.82, 2.24) is 15.5 Å². The lowest BCUT2D eigenvalue weighted by Gasteiger charge is -2.18. The molecule has 2 unspecified atom stereocenters. The highest BCUT2D eigenvalue weighted by Crippen LogP contribution is 2.18. The molecule has 1 fully saturated rings. The van der Waals surface area contributed by atoms with E-state index in [-0.39, 0.29) is 23.7 Å². The smallest absolute Gasteiger partial charge is 0.223 e. The largest absolute Gasteiger partial charge is 0.489 e. The fourth-order valence-electron chi connectivity index (χ4n) is 3.70. The van der Waals surface area contributed by atoms with Crippen molar-refractivity contribution in [2.45, 2.75) is 32.8 Å². The maximum atomic E-state index is 13.0. The van der Waals surface area contributed by atoms with Crippen LogP contribution in [0.1, 0.15) is 25.8 Å². The lowest BCUT2D eigenvalue weighted by Crippen LogP contribution is -2.41. The van der Waals surface area contributed by atoms with Gasteiger partial charge in [0.25, 0.3) is 0 Å². The van der Waals surface area contributed by atoms with Crippen LogP contribution < -0.4 is 15.4 Å². The topological polar surface area (TPSA) is 66.0 Å². The number of amides is 1. The molecule has 1 heterocycles. The van der Waals surface area contributed by atoms with Crippen LogP contribution in [0.3, 0.4) is 0 Å². The quantitative estimate of drug-likeness (QED) is 0.440. The number of carbonyl (C=O) groups is 1. The molecule has 2 atom stereocenters. The minimum Gasteiger partial charge on any atom is -0.489 e. The molecule has 1 aliphatic heterocycles. The Labute approximate surface area is 189 Å². The van der Waals surface area contributed by atoms with Crippen LogP contribution in [0.5, 0.6) is 5.75 Å². The zero-order valence-electron chi connectivity index (χ0n) is 18.9. The van der Waals surface area contributed by atoms with E-state index in [1.807, 2.05) is 36.9 Å². The van der Waals surface area contributed by atoms with Gasteiger partial charge in [0.15, 0.2) is 5.96 Å². The number of rotatable bonds is 10. The maximum absolute atomic E-state index is 13.0. The molecule has 0 saturated carbocycles. The highest BCUT2D eigenvalue weighted by Gasteiger charge is 2.29. The summed E-state index contributed by atoms with van der Waals surface area (Å²) < 4.78 is 18.8. The number of hydrogen-bond donors (Lipinski definition) is 2. The number of aliphatic imine (C=N–C) groups is 1. The van der Waals surface area contributed by atoms with E-state index in [0.29, 0.717) is 31.2 Å². The van der Waals surface area contributed by atoms with Crippen LogP contribution in [0.2, 0.25) is 0 Å². The van der Waals surface area contributed by atoms with Crippen LogP contribution in [-0.2, 0) is 11.2 Å². The zero-order valence-corrected chi connectivity index (χ0v) is 18.9. The second kappa shape index (κ2) is 12.1. The Bertz CT molecular complexity index is 873. The average Bonchev–Trinajstić information content (AvgIpc) is 3.16. The summed E-state index contributed by atoms with van der Waals surface area (Å²) in [5.41, 5.74) is 1.25. The number of hydrogen-bond acceptors (Lipinski definition) is 3. The summed E-state index contributed by atoms with van der Waals surface area (Å²) in [5, 5.41) is 6.60. The Morgan fingerprint density at radius 3 is 2.66 bits per heavy atom. The molecule has 172 valence electrons. The van der Waals surface area contributed by atoms with E-state index in [0.717, 1.165) is 26.1 Å². The first-order valence-corrected chi connectivity index (χ1v) is 11.3. The summed E-state index contributed by atoms with van der Waals surface area (Å²) in [4.78, 5) is 19.0. The first-order valence-electron chi connectivity index (χ1n) is 11.3. The molecular formula is C25H33FN4O2. The summed E-state index contributed by atoms with van der Waals surface area (Å²) >= 11 is 0. The third-order valence-electron chi connectivity index (χ3n) is 5.37. The van der Waals surface area contributed by atoms with Crippen molar-refractivity contribution in [3.8, 4) is 5.75 Å². The van der Waals surface area contributed by atoms with E-state index in [2.05, 4.69) is 27.8 Å². The van der Waals surface area contributed by atoms with Gasteiger partial charge in [-0.15, -0.1) is 0 Å². The predicted molar refractivity (Wildman–Crippen MR) is 125 cm³/mol. The normalized spacial score (nSPS) is 17.3. The molecule has 0 aliphatic carbocycles. The van der Waals surface area contributed by atoms with Crippen LogP contribution >= 0.6 is 0 Å². The number of halogens is 1. The fraction of sp³-hybridized carbons (Fsp3) is 0.440. The molecule has 7 heteroatoms. The minimum absolute atomic E-state index is 0.155. The van der Waals surface area contributed by atoms with E-state index in [9.17, 15) is 9.18 Å². The number of ether oxygens (including phenoxy) is 1. The summed E-state index contributed by atoms with van der Waals surface area (Å²) in [7, 11) is 0. The summed E-state index contributed by atoms with van der Waals surface area (Å²) in [6.07, 6.45) is 1.28. The average molecular weight is 441 g/mol. The molecule has 0 spiro atoms. The van der Waals surface area contributed by atoms with Crippen molar-refractivity contribution in [3.05, 3.63) is 66.0 Å². The molecule has 2 aromatic carbocycles. The zero-order chi connectivity index (χ0) is 22.8. The van der Waals surface area contributed by atoms with E-state index < -0.39 is 0 Å². The van der Waals surface area contributed by atoms with Crippen molar-refractivity contribution >= 4 is 11.9 Å². The molecule has 6 nitrogen and oxygen atoms in total. The van der Waals surface area contributed by atoms with Crippen molar-refractivity contribution in [2.75, 3.05) is 32.7 Å². The molecule has 1 aliphatic rings. The highest BCUT2D eigenvalue weighted by atomic mass is 19.1. The molecule has 1 amide bonds. The van der Waals surface area contributed by atoms with E-state index in [1.165, 1.54) is 17.7 Å². The van der Waals surface area contributed by atoms with Crippen LogP contribution in [0.25, 0.3) is 0 Å². The summed E-state index contributed by atoms with van der Waals surface area (Å²) in [6, 6.07) is 16.2. The van der Waals surface area contributed by atoms with Gasteiger partial charge in [-0.3, -0.25) is 4.79 Å². The number of carbonyl (C=O) groups excluding carboxylic acids is 1. The molecule has 2 N–H and O–H groups in total. The Hall–Kier alpha value is -3.09. The number of nitrogens with zero attached hydrogens (tertiary/aromatic N) is 2. The van der Waals surface area contributed by atoms with E-state index in [1.54, 1.807) is 12.1 Å². The molecule has 3 rings (SSSR count). The SMILES string of the molecule is CCNC(=NCC(C)Oc1ccc(F)cc1)NCC1CC(=O)N(CCc2ccccc2)C1. The number of likely N-dealkylation sites (tertiary alicyclic amines) is 1. The van der Waals surface area contributed by atoms with Gasteiger partial charge < -0.3 is 20.3 Å². The van der Waals surface area contributed by atoms with Crippen molar-refractivity contribution < 1.29 is 13.9 Å². The standard InChI is InChI=1S/C25H33FN4O2/c1-3-27-25(28-16-19(2)32-23-11-9-22(26)10-12-23)29-17-21-15-24(31)30(18-21)14-13-20-7-5-4-6-8-20/h4-12,19,21H,3,13-18H2,1-2H3,(H2,27,28,29). The predicted octanol–water partition coefficient (Wildman–Crippen LogP) is 3.24. The van der Waals surface area contributed by atoms with Crippen LogP contribution in [0, 0.1) is 11.7 Å². The molecular weight excluding hydrogens is 407 g/mol. The van der Waals surface area contributed by atoms with Gasteiger partial charge in [0, 0.05) is 38.5 Å². The van der Waals surface area contributed by atoms with Crippen LogP contribution in [0.4, 0.5) is 4.39 Å². The van der Waals surface area contributed by atoms with Crippen molar-refractivity contribution in [2.24, 2.45) is 10.9 Å². The lowest BCUT2D eigenvalue weighted by molar-refractivity contribution is -0.127. The Kier molecular flexibility index (Phi) is 8.90. The Morgan fingerprint density at radius 1 is 1.19 bits per heavy atom. The van der Waals surface area contributed by atoms with Crippen molar-refractivity contribution in [1.29, 1.82) is 0 Å². The molecule has 2 aromatic rings. The van der Waals surface area contributed by atoms with E-state index >= 15 is 0 Å². The van der Waals surface area contributed by atoms with Gasteiger partial charge in [0.1, 0.15) is 17.7 Å². The van der Waals surface area contributed by atoms with Gasteiger partial charge in [-0.1, -0.05) is 30.3 Å². The summed E-state index contributed by atoms with van der Waals surface area (Å²) in [5.74, 6) is 1.51. The molecule has 0 aromatic heterocycles. The lowest BCUT2D eigenvalue weighted by atomic mass is 10.1. The number of nitrogens with one attached hydrogen (secondary N) is 2. The third kappa shape index (κ3) is 7.55. The van der Waals surface area contributed by atoms with Gasteiger partial charge in [0.2, 0.25) is 5.91 Å². The molecule has 0 bridgehead atoms. The third-order valence-corrected chi connectivity index (χ3v) is 5.37. The first kappa shape index (κ1) is 23.6. The van der Waals surface area contributed by atoms with Gasteiger partial charge >= 0.3 is 0 Å². The summed E-state index contributed by atoms with van der Waals surface area (Å²) in [6.45, 7) is 7.35. The first-order chi connectivity index (χ1) is 15.5. The second-order valence-corrected chi connectivity index (χ2v) is 8.13. The van der Waals surface area contributed by atoms with Gasteiger partial charge in [-0.05, 0) is 50.1 Å². The van der Waals surface area contributed by atoms with E-state index in [4.69, 9.17) is 4.74 Å². The fourth-order valence-corrected chi connectivity index (χ4v) is 3.70. The molecule has 1 saturated heterocycles. The maximum Gasteiger partial charge on any atom is 0.223 e. The van der Waals surface area contributed by atoms with Crippen molar-refractivity contribution in [3.63, 3.8) is 0 Å². The monoisotopic (exact) mass is 440 g/mol. The second-order valence-electron chi connectivity index (χ2n) is 8.13. The van der Waals surface area contributed by atoms with Crippen LogP contribution in [0.15, 0.2) is 59.6 Å². The minimum atomic E-state index is -0.286. The van der Waals surface area contributed by atoms with Gasteiger partial charge in [0.05, 0.1) is 6.54 Å².